The summed E-state index contributed by atoms with van der Waals surface area (Å²) < 4.78 is 69.7. The zero-order valence-corrected chi connectivity index (χ0v) is 10.7. The molecule has 112 valence electrons. The topological polar surface area (TPSA) is 96.0 Å². The van der Waals surface area contributed by atoms with Gasteiger partial charge in [-0.05, 0) is 6.42 Å². The van der Waals surface area contributed by atoms with Crippen LogP contribution < -0.4 is 0 Å². The van der Waals surface area contributed by atoms with E-state index in [1.54, 1.807) is 0 Å². The van der Waals surface area contributed by atoms with Crippen molar-refractivity contribution in [2.45, 2.75) is 24.5 Å². The van der Waals surface area contributed by atoms with Crippen LogP contribution in [0.15, 0.2) is 0 Å². The van der Waals surface area contributed by atoms with E-state index in [1.807, 2.05) is 0 Å². The summed E-state index contributed by atoms with van der Waals surface area (Å²) >= 11 is 0. The minimum absolute atomic E-state index is 0.510. The molecule has 0 rings (SSSR count). The number of hydrogen-bond acceptors (Lipinski definition) is 7. The molecule has 0 fully saturated rings. The maximum atomic E-state index is 12.1. The van der Waals surface area contributed by atoms with E-state index in [-0.39, 0.29) is 0 Å². The first-order valence-electron chi connectivity index (χ1n) is 4.69. The lowest BCUT2D eigenvalue weighted by atomic mass is 10.2. The van der Waals surface area contributed by atoms with Crippen LogP contribution in [0.1, 0.15) is 12.8 Å². The van der Waals surface area contributed by atoms with Crippen molar-refractivity contribution in [2.75, 3.05) is 14.2 Å². The fourth-order valence-electron chi connectivity index (χ4n) is 0.895. The Morgan fingerprint density at radius 2 is 1.68 bits per heavy atom. The van der Waals surface area contributed by atoms with E-state index < -0.39 is 46.5 Å². The molecule has 0 bridgehead atoms. The van der Waals surface area contributed by atoms with Crippen molar-refractivity contribution in [3.8, 4) is 0 Å². The summed E-state index contributed by atoms with van der Waals surface area (Å²) in [5.41, 5.74) is -5.68. The molecule has 0 aromatic rings. The van der Waals surface area contributed by atoms with Crippen LogP contribution in [0.4, 0.5) is 13.2 Å². The Morgan fingerprint density at radius 1 is 1.16 bits per heavy atom. The first-order chi connectivity index (χ1) is 8.55. The van der Waals surface area contributed by atoms with Gasteiger partial charge in [0.1, 0.15) is 0 Å². The van der Waals surface area contributed by atoms with Gasteiger partial charge in [0.25, 0.3) is 0 Å². The molecule has 0 aromatic carbocycles. The van der Waals surface area contributed by atoms with E-state index in [9.17, 15) is 31.2 Å². The third-order valence-electron chi connectivity index (χ3n) is 1.83. The molecular weight excluding hydrogens is 297 g/mol. The summed E-state index contributed by atoms with van der Waals surface area (Å²) in [6, 6.07) is 0. The molecule has 0 N–H and O–H groups in total. The molecule has 11 heteroatoms. The van der Waals surface area contributed by atoms with E-state index in [1.165, 1.54) is 0 Å². The first kappa shape index (κ1) is 17.6. The van der Waals surface area contributed by atoms with E-state index in [0.717, 1.165) is 14.2 Å². The van der Waals surface area contributed by atoms with Gasteiger partial charge in [-0.2, -0.15) is 21.6 Å². The number of ether oxygens (including phenoxy) is 2. The van der Waals surface area contributed by atoms with Crippen LogP contribution in [-0.4, -0.2) is 46.2 Å². The Hall–Kier alpha value is -1.36. The summed E-state index contributed by atoms with van der Waals surface area (Å²) in [5.74, 6) is -2.20. The smallest absolute Gasteiger partial charge is 0.469 e. The van der Waals surface area contributed by atoms with Gasteiger partial charge in [-0.15, -0.1) is 0 Å². The van der Waals surface area contributed by atoms with Crippen LogP contribution in [0.25, 0.3) is 0 Å². The number of carbonyl (C=O) groups is 2. The first-order valence-corrected chi connectivity index (χ1v) is 6.10. The number of alkyl halides is 3. The van der Waals surface area contributed by atoms with Gasteiger partial charge in [-0.1, -0.05) is 0 Å². The summed E-state index contributed by atoms with van der Waals surface area (Å²) in [6.07, 6.45) is -3.21. The zero-order chi connectivity index (χ0) is 15.3. The fourth-order valence-corrected chi connectivity index (χ4v) is 1.48. The molecule has 0 heterocycles. The van der Waals surface area contributed by atoms with Crippen molar-refractivity contribution in [3.63, 3.8) is 0 Å². The maximum absolute atomic E-state index is 12.1. The zero-order valence-electron chi connectivity index (χ0n) is 9.89. The summed E-state index contributed by atoms with van der Waals surface area (Å²) in [7, 11) is -4.11. The van der Waals surface area contributed by atoms with Gasteiger partial charge in [0.2, 0.25) is 0 Å². The van der Waals surface area contributed by atoms with Gasteiger partial charge in [-0.25, -0.2) is 8.98 Å². The van der Waals surface area contributed by atoms with Gasteiger partial charge in [0.05, 0.1) is 14.2 Å². The Morgan fingerprint density at radius 3 is 2.05 bits per heavy atom. The second kappa shape index (κ2) is 6.70. The summed E-state index contributed by atoms with van der Waals surface area (Å²) in [4.78, 5) is 21.9. The van der Waals surface area contributed by atoms with Crippen molar-refractivity contribution in [1.29, 1.82) is 0 Å². The molecule has 19 heavy (non-hydrogen) atoms. The molecule has 0 aliphatic rings. The number of rotatable bonds is 6. The molecule has 0 saturated heterocycles. The van der Waals surface area contributed by atoms with Crippen LogP contribution in [0.5, 0.6) is 0 Å². The third-order valence-corrected chi connectivity index (χ3v) is 2.88. The Kier molecular flexibility index (Phi) is 6.22. The van der Waals surface area contributed by atoms with Crippen molar-refractivity contribution in [2.24, 2.45) is 0 Å². The van der Waals surface area contributed by atoms with Crippen LogP contribution in [0.2, 0.25) is 0 Å². The predicted octanol–water partition coefficient (Wildman–Crippen LogP) is 0.347. The third kappa shape index (κ3) is 5.42. The molecule has 0 spiro atoms. The molecular formula is C8H11F3O7S. The van der Waals surface area contributed by atoms with Crippen molar-refractivity contribution >= 4 is 22.1 Å². The Bertz CT molecular complexity index is 428. The van der Waals surface area contributed by atoms with Gasteiger partial charge in [0.15, 0.2) is 6.10 Å². The lowest BCUT2D eigenvalue weighted by Crippen LogP contribution is -2.35. The largest absolute Gasteiger partial charge is 0.523 e. The van der Waals surface area contributed by atoms with Gasteiger partial charge < -0.3 is 9.47 Å². The van der Waals surface area contributed by atoms with Gasteiger partial charge in [-0.3, -0.25) is 4.79 Å². The maximum Gasteiger partial charge on any atom is 0.523 e. The predicted molar refractivity (Wildman–Crippen MR) is 53.1 cm³/mol. The molecule has 1 atom stereocenters. The summed E-state index contributed by atoms with van der Waals surface area (Å²) in [5, 5.41) is 0. The van der Waals surface area contributed by atoms with Crippen molar-refractivity contribution in [3.05, 3.63) is 0 Å². The quantitative estimate of drug-likeness (QED) is 0.397. The van der Waals surface area contributed by atoms with Gasteiger partial charge >= 0.3 is 27.6 Å². The van der Waals surface area contributed by atoms with Crippen molar-refractivity contribution in [1.82, 2.24) is 0 Å². The van der Waals surface area contributed by atoms with E-state index in [0.29, 0.717) is 0 Å². The molecule has 0 aliphatic carbocycles. The number of esters is 2. The second-order valence-corrected chi connectivity index (χ2v) is 4.69. The van der Waals surface area contributed by atoms with E-state index in [2.05, 4.69) is 13.7 Å². The lowest BCUT2D eigenvalue weighted by molar-refractivity contribution is -0.150. The minimum Gasteiger partial charge on any atom is -0.469 e. The highest BCUT2D eigenvalue weighted by Crippen LogP contribution is 2.26. The van der Waals surface area contributed by atoms with E-state index >= 15 is 0 Å². The van der Waals surface area contributed by atoms with Crippen LogP contribution in [0.3, 0.4) is 0 Å². The normalized spacial score (nSPS) is 13.7. The molecule has 0 aliphatic heterocycles. The molecule has 0 amide bonds. The molecule has 0 saturated carbocycles. The highest BCUT2D eigenvalue weighted by atomic mass is 32.2. The molecule has 7 nitrogen and oxygen atoms in total. The average molecular weight is 308 g/mol. The SMILES string of the molecule is COC(=O)CC[C@@H](OS(=O)(=O)C(F)(F)F)C(=O)OC. The standard InChI is InChI=1S/C8H11F3O7S/c1-16-6(12)4-3-5(7(13)17-2)18-19(14,15)8(9,10)11/h5H,3-4H2,1-2H3/t5-/m1/s1. The van der Waals surface area contributed by atoms with Gasteiger partial charge in [0, 0.05) is 6.42 Å². The average Bonchev–Trinajstić information content (AvgIpc) is 2.31. The minimum atomic E-state index is -5.96. The molecule has 0 aromatic heterocycles. The monoisotopic (exact) mass is 308 g/mol. The summed E-state index contributed by atoms with van der Waals surface area (Å²) in [6.45, 7) is 0. The lowest BCUT2D eigenvalue weighted by Gasteiger charge is -2.15. The Balaban J connectivity index is 4.89. The van der Waals surface area contributed by atoms with Crippen molar-refractivity contribution < 1.29 is 44.8 Å². The van der Waals surface area contributed by atoms with Crippen LogP contribution in [-0.2, 0) is 33.4 Å². The van der Waals surface area contributed by atoms with E-state index in [4.69, 9.17) is 0 Å². The highest BCUT2D eigenvalue weighted by Gasteiger charge is 2.49. The Labute approximate surface area is 106 Å². The number of carbonyl (C=O) groups excluding carboxylic acids is 2. The highest BCUT2D eigenvalue weighted by molar-refractivity contribution is 7.87. The van der Waals surface area contributed by atoms with Crippen LogP contribution in [0, 0.1) is 0 Å². The number of halogens is 3. The fraction of sp³-hybridized carbons (Fsp3) is 0.750. The number of methoxy groups -OCH3 is 2. The van der Waals surface area contributed by atoms with Crippen LogP contribution >= 0.6 is 0 Å². The molecule has 0 radical (unpaired) electrons. The second-order valence-electron chi connectivity index (χ2n) is 3.12. The number of hydrogen-bond donors (Lipinski definition) is 0. The molecule has 0 unspecified atom stereocenters.